The molecule has 4 rings (SSSR count). The van der Waals surface area contributed by atoms with Crippen LogP contribution in [0, 0.1) is 11.8 Å². The third-order valence-electron chi connectivity index (χ3n) is 8.14. The molecule has 1 aromatic rings. The standard InChI is InChI=1S/C28H39N3O5S/c1-6-16-30(20-12-10-19(11-13-20)29(7-2)8-3)26(34)24-28-15-14-21(37-28)22(27(35)36-9-4)23(28)25(33)31(24)18(5)17-32/h6,10-13,18,21-24,32H,1,7-9,14-17H2,2-5H3/t18-,21+,22-,23+,24?,28?/m1/s1. The molecule has 0 saturated carbocycles. The van der Waals surface area contributed by atoms with E-state index in [-0.39, 0.29) is 42.8 Å². The van der Waals surface area contributed by atoms with Crippen LogP contribution in [0.5, 0.6) is 0 Å². The minimum atomic E-state index is -0.788. The van der Waals surface area contributed by atoms with E-state index in [1.165, 1.54) is 0 Å². The van der Waals surface area contributed by atoms with Gasteiger partial charge in [0.15, 0.2) is 0 Å². The van der Waals surface area contributed by atoms with Crippen molar-refractivity contribution in [1.82, 2.24) is 4.90 Å². The van der Waals surface area contributed by atoms with Gasteiger partial charge in [0, 0.05) is 36.3 Å². The van der Waals surface area contributed by atoms with Gasteiger partial charge in [0.1, 0.15) is 6.04 Å². The number of hydrogen-bond acceptors (Lipinski definition) is 7. The molecule has 6 atom stereocenters. The lowest BCUT2D eigenvalue weighted by Gasteiger charge is -2.39. The highest BCUT2D eigenvalue weighted by Crippen LogP contribution is 2.67. The molecule has 1 aromatic carbocycles. The van der Waals surface area contributed by atoms with E-state index in [4.69, 9.17) is 4.74 Å². The molecule has 2 unspecified atom stereocenters. The molecule has 1 spiro atoms. The van der Waals surface area contributed by atoms with E-state index in [1.807, 2.05) is 24.3 Å². The summed E-state index contributed by atoms with van der Waals surface area (Å²) < 4.78 is 4.65. The number of rotatable bonds is 11. The average Bonchev–Trinajstić information content (AvgIpc) is 3.55. The highest BCUT2D eigenvalue weighted by Gasteiger charge is 2.74. The second-order valence-electron chi connectivity index (χ2n) is 10.0. The maximum absolute atomic E-state index is 14.4. The Bertz CT molecular complexity index is 1030. The first kappa shape index (κ1) is 27.5. The molecule has 0 radical (unpaired) electrons. The number of carbonyl (C=O) groups is 3. The predicted octanol–water partition coefficient (Wildman–Crippen LogP) is 3.09. The molecule has 0 aromatic heterocycles. The van der Waals surface area contributed by atoms with E-state index < -0.39 is 28.7 Å². The Balaban J connectivity index is 1.74. The third kappa shape index (κ3) is 4.44. The summed E-state index contributed by atoms with van der Waals surface area (Å²) in [6.45, 7) is 13.6. The first-order valence-electron chi connectivity index (χ1n) is 13.3. The number of hydrogen-bond donors (Lipinski definition) is 1. The van der Waals surface area contributed by atoms with Gasteiger partial charge in [0.05, 0.1) is 35.8 Å². The van der Waals surface area contributed by atoms with Crippen LogP contribution in [0.3, 0.4) is 0 Å². The van der Waals surface area contributed by atoms with Crippen molar-refractivity contribution in [3.05, 3.63) is 36.9 Å². The van der Waals surface area contributed by atoms with Gasteiger partial charge in [-0.05, 0) is 64.8 Å². The SMILES string of the molecule is C=CCN(C(=O)C1N([C@H](C)CO)C(=O)[C@@H]2[C@H](C(=O)OCC)[C@@H]3CCC12S3)c1ccc(N(CC)CC)cc1. The second kappa shape index (κ2) is 11.1. The summed E-state index contributed by atoms with van der Waals surface area (Å²) in [5.41, 5.74) is 1.80. The van der Waals surface area contributed by atoms with Gasteiger partial charge in [-0.3, -0.25) is 14.4 Å². The van der Waals surface area contributed by atoms with Crippen molar-refractivity contribution in [3.8, 4) is 0 Å². The number of thioether (sulfide) groups is 1. The number of aliphatic hydroxyl groups is 1. The number of amides is 2. The van der Waals surface area contributed by atoms with Gasteiger partial charge in [-0.1, -0.05) is 6.08 Å². The van der Waals surface area contributed by atoms with Crippen molar-refractivity contribution >= 4 is 40.9 Å². The summed E-state index contributed by atoms with van der Waals surface area (Å²) >= 11 is 1.60. The van der Waals surface area contributed by atoms with Gasteiger partial charge in [-0.25, -0.2) is 0 Å². The number of benzene rings is 1. The largest absolute Gasteiger partial charge is 0.466 e. The minimum absolute atomic E-state index is 0.0453. The molecule has 3 saturated heterocycles. The molecule has 9 heteroatoms. The van der Waals surface area contributed by atoms with Crippen molar-refractivity contribution in [2.24, 2.45) is 11.8 Å². The summed E-state index contributed by atoms with van der Waals surface area (Å²) in [5.74, 6) is -2.00. The Kier molecular flexibility index (Phi) is 8.23. The molecule has 37 heavy (non-hydrogen) atoms. The van der Waals surface area contributed by atoms with E-state index in [1.54, 1.807) is 41.5 Å². The minimum Gasteiger partial charge on any atom is -0.466 e. The molecule has 0 aliphatic carbocycles. The highest BCUT2D eigenvalue weighted by molar-refractivity contribution is 8.02. The molecule has 1 N–H and O–H groups in total. The third-order valence-corrected chi connectivity index (χ3v) is 10.1. The summed E-state index contributed by atoms with van der Waals surface area (Å²) in [5, 5.41) is 10.0. The monoisotopic (exact) mass is 529 g/mol. The lowest BCUT2D eigenvalue weighted by molar-refractivity contribution is -0.154. The van der Waals surface area contributed by atoms with Crippen molar-refractivity contribution in [2.75, 3.05) is 42.6 Å². The first-order valence-corrected chi connectivity index (χ1v) is 14.2. The predicted molar refractivity (Wildman–Crippen MR) is 147 cm³/mol. The maximum atomic E-state index is 14.4. The number of aliphatic hydroxyl groups excluding tert-OH is 1. The number of anilines is 2. The molecule has 3 fully saturated rings. The fourth-order valence-corrected chi connectivity index (χ4v) is 8.66. The molecular weight excluding hydrogens is 490 g/mol. The van der Waals surface area contributed by atoms with E-state index in [2.05, 4.69) is 25.3 Å². The normalized spacial score (nSPS) is 28.7. The topological polar surface area (TPSA) is 90.4 Å². The summed E-state index contributed by atoms with van der Waals surface area (Å²) in [6, 6.07) is 6.53. The molecule has 3 aliphatic rings. The zero-order chi connectivity index (χ0) is 26.9. The molecular formula is C28H39N3O5S. The van der Waals surface area contributed by atoms with Crippen molar-refractivity contribution in [2.45, 2.75) is 62.6 Å². The van der Waals surface area contributed by atoms with Crippen molar-refractivity contribution in [1.29, 1.82) is 0 Å². The molecule has 8 nitrogen and oxygen atoms in total. The van der Waals surface area contributed by atoms with Crippen LogP contribution in [-0.2, 0) is 19.1 Å². The van der Waals surface area contributed by atoms with Gasteiger partial charge in [0.2, 0.25) is 5.91 Å². The van der Waals surface area contributed by atoms with Gasteiger partial charge < -0.3 is 24.5 Å². The lowest BCUT2D eigenvalue weighted by atomic mass is 9.71. The number of fused-ring (bicyclic) bond motifs is 1. The Labute approximate surface area is 224 Å². The zero-order valence-electron chi connectivity index (χ0n) is 22.3. The number of carbonyl (C=O) groups excluding carboxylic acids is 3. The maximum Gasteiger partial charge on any atom is 0.310 e. The van der Waals surface area contributed by atoms with E-state index >= 15 is 0 Å². The molecule has 2 bridgehead atoms. The second-order valence-corrected chi connectivity index (χ2v) is 11.6. The van der Waals surface area contributed by atoms with Crippen LogP contribution in [0.1, 0.15) is 40.5 Å². The lowest BCUT2D eigenvalue weighted by Crippen LogP contribution is -2.57. The Morgan fingerprint density at radius 3 is 2.46 bits per heavy atom. The number of nitrogens with zero attached hydrogens (tertiary/aromatic N) is 3. The van der Waals surface area contributed by atoms with E-state index in [9.17, 15) is 19.5 Å². The highest BCUT2D eigenvalue weighted by atomic mass is 32.2. The quantitative estimate of drug-likeness (QED) is 0.348. The molecule has 3 aliphatic heterocycles. The molecule has 202 valence electrons. The number of likely N-dealkylation sites (tertiary alicyclic amines) is 1. The zero-order valence-corrected chi connectivity index (χ0v) is 23.1. The average molecular weight is 530 g/mol. The van der Waals surface area contributed by atoms with Gasteiger partial charge >= 0.3 is 5.97 Å². The Morgan fingerprint density at radius 1 is 1.24 bits per heavy atom. The van der Waals surface area contributed by atoms with Crippen LogP contribution in [0.4, 0.5) is 11.4 Å². The fraction of sp³-hybridized carbons (Fsp3) is 0.607. The van der Waals surface area contributed by atoms with E-state index in [0.29, 0.717) is 6.42 Å². The summed E-state index contributed by atoms with van der Waals surface area (Å²) in [4.78, 5) is 46.8. The van der Waals surface area contributed by atoms with E-state index in [0.717, 1.165) is 30.9 Å². The number of ether oxygens (including phenoxy) is 1. The number of esters is 1. The molecule has 2 amide bonds. The van der Waals surface area contributed by atoms with Crippen LogP contribution in [0.2, 0.25) is 0 Å². The van der Waals surface area contributed by atoms with Gasteiger partial charge in [-0.15, -0.1) is 18.3 Å². The van der Waals surface area contributed by atoms with Crippen LogP contribution < -0.4 is 9.80 Å². The fourth-order valence-electron chi connectivity index (χ4n) is 6.47. The van der Waals surface area contributed by atoms with Gasteiger partial charge in [-0.2, -0.15) is 0 Å². The summed E-state index contributed by atoms with van der Waals surface area (Å²) in [6.07, 6.45) is 3.11. The first-order chi connectivity index (χ1) is 17.8. The van der Waals surface area contributed by atoms with Crippen molar-refractivity contribution < 1.29 is 24.2 Å². The Hall–Kier alpha value is -2.52. The molecule has 3 heterocycles. The summed E-state index contributed by atoms with van der Waals surface area (Å²) in [7, 11) is 0. The smallest absolute Gasteiger partial charge is 0.310 e. The van der Waals surface area contributed by atoms with Crippen LogP contribution >= 0.6 is 11.8 Å². The van der Waals surface area contributed by atoms with Crippen LogP contribution in [-0.4, -0.2) is 82.7 Å². The van der Waals surface area contributed by atoms with Crippen molar-refractivity contribution in [3.63, 3.8) is 0 Å². The van der Waals surface area contributed by atoms with Crippen LogP contribution in [0.15, 0.2) is 36.9 Å². The van der Waals surface area contributed by atoms with Crippen LogP contribution in [0.25, 0.3) is 0 Å². The van der Waals surface area contributed by atoms with Gasteiger partial charge in [0.25, 0.3) is 5.91 Å². The Morgan fingerprint density at radius 2 is 1.89 bits per heavy atom.